The Labute approximate surface area is 207 Å². The second-order valence-corrected chi connectivity index (χ2v) is 8.17. The van der Waals surface area contributed by atoms with Gasteiger partial charge in [0.15, 0.2) is 0 Å². The van der Waals surface area contributed by atoms with Crippen molar-refractivity contribution in [3.05, 3.63) is 94.6 Å². The summed E-state index contributed by atoms with van der Waals surface area (Å²) >= 11 is 0. The van der Waals surface area contributed by atoms with E-state index in [0.717, 1.165) is 0 Å². The average molecular weight is 482 g/mol. The van der Waals surface area contributed by atoms with Crippen molar-refractivity contribution in [2.24, 2.45) is 0 Å². The van der Waals surface area contributed by atoms with E-state index in [4.69, 9.17) is 14.7 Å². The van der Waals surface area contributed by atoms with Gasteiger partial charge in [-0.15, -0.1) is 0 Å². The molecule has 0 radical (unpaired) electrons. The summed E-state index contributed by atoms with van der Waals surface area (Å²) in [6.07, 6.45) is 0. The number of nitrogens with zero attached hydrogens (tertiary/aromatic N) is 2. The van der Waals surface area contributed by atoms with E-state index in [1.807, 2.05) is 6.07 Å². The fourth-order valence-corrected chi connectivity index (χ4v) is 4.17. The molecule has 180 valence electrons. The van der Waals surface area contributed by atoms with Gasteiger partial charge in [-0.3, -0.25) is 19.3 Å². The maximum atomic E-state index is 13.3. The van der Waals surface area contributed by atoms with Crippen molar-refractivity contribution >= 4 is 29.1 Å². The van der Waals surface area contributed by atoms with Crippen LogP contribution < -0.4 is 14.4 Å². The minimum atomic E-state index is -0.967. The summed E-state index contributed by atoms with van der Waals surface area (Å²) in [5.74, 6) is -1.59. The van der Waals surface area contributed by atoms with Crippen molar-refractivity contribution in [1.82, 2.24) is 0 Å². The van der Waals surface area contributed by atoms with Crippen molar-refractivity contribution in [3.63, 3.8) is 0 Å². The first kappa shape index (κ1) is 24.2. The van der Waals surface area contributed by atoms with Gasteiger partial charge >= 0.3 is 5.97 Å². The zero-order chi connectivity index (χ0) is 26.0. The van der Waals surface area contributed by atoms with Gasteiger partial charge in [-0.2, -0.15) is 5.26 Å². The van der Waals surface area contributed by atoms with Gasteiger partial charge in [-0.1, -0.05) is 12.1 Å². The molecule has 0 aromatic heterocycles. The number of carbonyl (C=O) groups is 3. The molecule has 1 aliphatic rings. The highest BCUT2D eigenvalue weighted by molar-refractivity contribution is 6.51. The number of rotatable bonds is 5. The summed E-state index contributed by atoms with van der Waals surface area (Å²) in [6, 6.07) is 18.6. The van der Waals surface area contributed by atoms with Crippen LogP contribution in [0.1, 0.15) is 35.2 Å². The molecule has 1 amide bonds. The van der Waals surface area contributed by atoms with Gasteiger partial charge < -0.3 is 14.6 Å². The molecule has 8 heteroatoms. The Morgan fingerprint density at radius 2 is 1.64 bits per heavy atom. The predicted octanol–water partition coefficient (Wildman–Crippen LogP) is 4.43. The van der Waals surface area contributed by atoms with Crippen LogP contribution in [0.2, 0.25) is 0 Å². The van der Waals surface area contributed by atoms with Crippen molar-refractivity contribution in [3.8, 4) is 17.6 Å². The second kappa shape index (κ2) is 9.76. The molecule has 8 nitrogen and oxygen atoms in total. The van der Waals surface area contributed by atoms with Crippen LogP contribution in [-0.2, 0) is 14.4 Å². The van der Waals surface area contributed by atoms with E-state index in [9.17, 15) is 19.5 Å². The molecular formula is C28H22N2O6. The van der Waals surface area contributed by atoms with Gasteiger partial charge in [0, 0.05) is 18.2 Å². The molecule has 0 spiro atoms. The predicted molar refractivity (Wildman–Crippen MR) is 131 cm³/mol. The number of Topliss-reactive ketones (excluding diaryl/α,β-unsaturated/α-hetero) is 1. The fourth-order valence-electron chi connectivity index (χ4n) is 4.17. The molecule has 1 aliphatic heterocycles. The molecule has 3 aromatic rings. The summed E-state index contributed by atoms with van der Waals surface area (Å²) in [6.45, 7) is 3.04. The van der Waals surface area contributed by atoms with Crippen LogP contribution in [0.5, 0.6) is 11.5 Å². The smallest absolute Gasteiger partial charge is 0.308 e. The molecule has 1 atom stereocenters. The summed E-state index contributed by atoms with van der Waals surface area (Å²) < 4.78 is 10.3. The van der Waals surface area contributed by atoms with E-state index in [0.29, 0.717) is 39.4 Å². The summed E-state index contributed by atoms with van der Waals surface area (Å²) in [7, 11) is 1.52. The number of nitriles is 1. The molecule has 1 heterocycles. The van der Waals surface area contributed by atoms with E-state index in [1.165, 1.54) is 18.9 Å². The zero-order valence-corrected chi connectivity index (χ0v) is 19.8. The summed E-state index contributed by atoms with van der Waals surface area (Å²) in [5.41, 5.74) is 2.25. The van der Waals surface area contributed by atoms with Crippen LogP contribution in [-0.4, -0.2) is 29.9 Å². The Balaban J connectivity index is 1.91. The van der Waals surface area contributed by atoms with Crippen LogP contribution in [0, 0.1) is 18.3 Å². The highest BCUT2D eigenvalue weighted by Gasteiger charge is 2.47. The van der Waals surface area contributed by atoms with Gasteiger partial charge in [0.25, 0.3) is 11.7 Å². The van der Waals surface area contributed by atoms with E-state index in [1.54, 1.807) is 73.7 Å². The number of ether oxygens (including phenoxy) is 2. The van der Waals surface area contributed by atoms with Gasteiger partial charge in [0.1, 0.15) is 17.3 Å². The third-order valence-corrected chi connectivity index (χ3v) is 5.87. The highest BCUT2D eigenvalue weighted by atomic mass is 16.5. The Kier molecular flexibility index (Phi) is 6.57. The van der Waals surface area contributed by atoms with Crippen molar-refractivity contribution < 1.29 is 29.0 Å². The van der Waals surface area contributed by atoms with Crippen molar-refractivity contribution in [1.29, 1.82) is 5.26 Å². The fraction of sp³-hybridized carbons (Fsp3) is 0.143. The van der Waals surface area contributed by atoms with Gasteiger partial charge in [0.05, 0.1) is 30.4 Å². The van der Waals surface area contributed by atoms with Gasteiger partial charge in [-0.25, -0.2) is 0 Å². The van der Waals surface area contributed by atoms with E-state index in [2.05, 4.69) is 0 Å². The lowest BCUT2D eigenvalue weighted by molar-refractivity contribution is -0.132. The van der Waals surface area contributed by atoms with E-state index >= 15 is 0 Å². The zero-order valence-electron chi connectivity index (χ0n) is 19.8. The monoisotopic (exact) mass is 482 g/mol. The summed E-state index contributed by atoms with van der Waals surface area (Å²) in [4.78, 5) is 39.2. The molecule has 36 heavy (non-hydrogen) atoms. The molecule has 3 aromatic carbocycles. The third kappa shape index (κ3) is 4.42. The van der Waals surface area contributed by atoms with Crippen LogP contribution in [0.25, 0.3) is 5.76 Å². The minimum absolute atomic E-state index is 0.0853. The third-order valence-electron chi connectivity index (χ3n) is 5.87. The molecule has 0 aliphatic carbocycles. The SMILES string of the molecule is COc1ccc(/C(O)=C2/C(=O)C(=O)N(c3ccc(C#N)cc3)C2c2ccc(OC(C)=O)cc2)c(C)c1. The lowest BCUT2D eigenvalue weighted by atomic mass is 9.93. The normalized spacial score (nSPS) is 16.5. The molecule has 1 N–H and O–H groups in total. The molecular weight excluding hydrogens is 460 g/mol. The number of esters is 1. The molecule has 1 unspecified atom stereocenters. The molecule has 4 rings (SSSR count). The van der Waals surface area contributed by atoms with Gasteiger partial charge in [0.2, 0.25) is 0 Å². The average Bonchev–Trinajstić information content (AvgIpc) is 3.14. The number of amides is 1. The van der Waals surface area contributed by atoms with Crippen LogP contribution in [0.15, 0.2) is 72.3 Å². The highest BCUT2D eigenvalue weighted by Crippen LogP contribution is 2.43. The number of anilines is 1. The number of methoxy groups -OCH3 is 1. The maximum Gasteiger partial charge on any atom is 0.308 e. The first-order valence-electron chi connectivity index (χ1n) is 11.0. The van der Waals surface area contributed by atoms with Crippen LogP contribution in [0.4, 0.5) is 5.69 Å². The number of hydrogen-bond donors (Lipinski definition) is 1. The number of aryl methyl sites for hydroxylation is 1. The molecule has 1 fully saturated rings. The standard InChI is InChI=1S/C28H22N2O6/c1-16-14-22(35-3)12-13-23(16)26(32)24-25(19-6-10-21(11-7-19)36-17(2)31)30(28(34)27(24)33)20-8-4-18(15-29)5-9-20/h4-14,25,32H,1-3H3/b26-24-. The first-order valence-corrected chi connectivity index (χ1v) is 11.0. The number of benzene rings is 3. The topological polar surface area (TPSA) is 117 Å². The van der Waals surface area contributed by atoms with Gasteiger partial charge in [-0.05, 0) is 72.6 Å². The lowest BCUT2D eigenvalue weighted by Gasteiger charge is -2.25. The number of aliphatic hydroxyl groups is 1. The number of ketones is 1. The summed E-state index contributed by atoms with van der Waals surface area (Å²) in [5, 5.41) is 20.5. The number of aliphatic hydroxyl groups excluding tert-OH is 1. The second-order valence-electron chi connectivity index (χ2n) is 8.17. The van der Waals surface area contributed by atoms with Crippen LogP contribution >= 0.6 is 0 Å². The van der Waals surface area contributed by atoms with Crippen LogP contribution in [0.3, 0.4) is 0 Å². The Morgan fingerprint density at radius 3 is 2.19 bits per heavy atom. The molecule has 1 saturated heterocycles. The minimum Gasteiger partial charge on any atom is -0.507 e. The largest absolute Gasteiger partial charge is 0.507 e. The van der Waals surface area contributed by atoms with E-state index < -0.39 is 23.7 Å². The van der Waals surface area contributed by atoms with Crippen molar-refractivity contribution in [2.45, 2.75) is 19.9 Å². The Morgan fingerprint density at radius 1 is 1.00 bits per heavy atom. The first-order chi connectivity index (χ1) is 17.2. The van der Waals surface area contributed by atoms with Crippen molar-refractivity contribution in [2.75, 3.05) is 12.0 Å². The number of carbonyl (C=O) groups excluding carboxylic acids is 3. The molecule has 0 bridgehead atoms. The number of hydrogen-bond acceptors (Lipinski definition) is 7. The Hall–Kier alpha value is -4.90. The lowest BCUT2D eigenvalue weighted by Crippen LogP contribution is -2.29. The molecule has 0 saturated carbocycles. The van der Waals surface area contributed by atoms with E-state index in [-0.39, 0.29) is 11.3 Å². The Bertz CT molecular complexity index is 1430. The quantitative estimate of drug-likeness (QED) is 0.188. The maximum absolute atomic E-state index is 13.3.